The fraction of sp³-hybridized carbons (Fsp3) is 0.612. The number of nitrogen functional groups attached to an aromatic ring is 2. The molecule has 0 saturated carbocycles. The predicted molar refractivity (Wildman–Crippen MR) is 364 cm³/mol. The number of rotatable bonds is 53. The normalized spacial score (nSPS) is 14.6. The largest absolute Gasteiger partial charge is 0.490 e. The number of Topliss-reactive ketones (excluding diaryl/α,β-unsaturated/α-hetero) is 1. The van der Waals surface area contributed by atoms with E-state index in [1.807, 2.05) is 59.4 Å². The van der Waals surface area contributed by atoms with Crippen molar-refractivity contribution in [3.05, 3.63) is 81.1 Å². The van der Waals surface area contributed by atoms with Crippen LogP contribution in [0.2, 0.25) is 0 Å². The van der Waals surface area contributed by atoms with Crippen LogP contribution in [0.1, 0.15) is 115 Å². The summed E-state index contributed by atoms with van der Waals surface area (Å²) < 4.78 is 59.9. The summed E-state index contributed by atoms with van der Waals surface area (Å²) in [5.41, 5.74) is 15.7. The van der Waals surface area contributed by atoms with Crippen LogP contribution >= 0.6 is 31.9 Å². The first-order chi connectivity index (χ1) is 46.2. The van der Waals surface area contributed by atoms with Gasteiger partial charge in [0.05, 0.1) is 147 Å². The van der Waals surface area contributed by atoms with Gasteiger partial charge in [-0.05, 0) is 77.7 Å². The minimum absolute atomic E-state index is 0.0842. The second-order valence-corrected chi connectivity index (χ2v) is 24.9. The fourth-order valence-electron chi connectivity index (χ4n) is 10.3. The number of carbonyl (C=O) groups excluding carboxylic acids is 5. The van der Waals surface area contributed by atoms with Gasteiger partial charge in [-0.3, -0.25) is 34.0 Å². The minimum atomic E-state index is -1.15. The zero-order valence-electron chi connectivity index (χ0n) is 55.2. The number of aromatic nitrogens is 6. The van der Waals surface area contributed by atoms with Crippen LogP contribution in [0.3, 0.4) is 0 Å². The number of pyridine rings is 1. The van der Waals surface area contributed by atoms with Crippen molar-refractivity contribution in [3.8, 4) is 16.9 Å². The number of nitrogens with two attached hydrogens (primary N) is 2. The van der Waals surface area contributed by atoms with Crippen molar-refractivity contribution in [2.75, 3.05) is 137 Å². The monoisotopic (exact) mass is 1450 g/mol. The summed E-state index contributed by atoms with van der Waals surface area (Å²) in [5, 5.41) is 17.4. The topological polar surface area (TPSA) is 335 Å². The van der Waals surface area contributed by atoms with E-state index in [1.54, 1.807) is 20.0 Å². The maximum Gasteiger partial charge on any atom is 0.238 e. The molecule has 95 heavy (non-hydrogen) atoms. The Bertz CT molecular complexity index is 3080. The Morgan fingerprint density at radius 1 is 0.632 bits per heavy atom. The van der Waals surface area contributed by atoms with E-state index in [-0.39, 0.29) is 24.2 Å². The molecule has 0 aliphatic carbocycles. The van der Waals surface area contributed by atoms with Crippen LogP contribution in [-0.2, 0) is 79.6 Å². The van der Waals surface area contributed by atoms with E-state index in [0.29, 0.717) is 165 Å². The van der Waals surface area contributed by atoms with Gasteiger partial charge in [-0.25, -0.2) is 9.97 Å². The number of ether oxygens (including phenoxy) is 10. The zero-order valence-corrected chi connectivity index (χ0v) is 58.4. The molecule has 4 heterocycles. The van der Waals surface area contributed by atoms with Gasteiger partial charge in [-0.2, -0.15) is 4.98 Å². The number of ketones is 1. The summed E-state index contributed by atoms with van der Waals surface area (Å²) in [4.78, 5) is 76.9. The van der Waals surface area contributed by atoms with E-state index < -0.39 is 47.4 Å². The van der Waals surface area contributed by atoms with Crippen molar-refractivity contribution in [2.24, 2.45) is 17.8 Å². The van der Waals surface area contributed by atoms with Gasteiger partial charge in [-0.15, -0.1) is 5.10 Å². The first-order valence-electron chi connectivity index (χ1n) is 33.1. The van der Waals surface area contributed by atoms with Crippen molar-refractivity contribution in [1.82, 2.24) is 45.9 Å². The molecular formula is C67H97Br2N11O15. The lowest BCUT2D eigenvalue weighted by molar-refractivity contribution is -0.137. The number of nitrogens with one attached hydrogen (secondary N) is 3. The molecule has 1 aliphatic heterocycles. The quantitative estimate of drug-likeness (QED) is 0.0140. The van der Waals surface area contributed by atoms with Gasteiger partial charge in [0.15, 0.2) is 11.4 Å². The Balaban J connectivity index is 0.630. The number of nitrogens with zero attached hydrogens (tertiary/aromatic N) is 6. The van der Waals surface area contributed by atoms with Gasteiger partial charge >= 0.3 is 0 Å². The number of amides is 4. The van der Waals surface area contributed by atoms with Crippen molar-refractivity contribution < 1.29 is 71.3 Å². The molecule has 5 aromatic rings. The number of benzene rings is 2. The number of fused-ring (bicyclic) bond motifs is 1. The second-order valence-electron chi connectivity index (χ2n) is 23.2. The Morgan fingerprint density at radius 3 is 1.74 bits per heavy atom. The Labute approximate surface area is 574 Å². The van der Waals surface area contributed by atoms with Crippen molar-refractivity contribution in [1.29, 1.82) is 0 Å². The maximum absolute atomic E-state index is 13.4. The number of hydrogen-bond donors (Lipinski definition) is 5. The van der Waals surface area contributed by atoms with E-state index in [4.69, 9.17) is 58.8 Å². The molecule has 3 aromatic heterocycles. The smallest absolute Gasteiger partial charge is 0.238 e. The highest BCUT2D eigenvalue weighted by atomic mass is 79.9. The molecule has 1 fully saturated rings. The zero-order chi connectivity index (χ0) is 67.8. The fourth-order valence-corrected chi connectivity index (χ4v) is 11.8. The van der Waals surface area contributed by atoms with E-state index in [1.165, 1.54) is 6.92 Å². The minimum Gasteiger partial charge on any atom is -0.490 e. The summed E-state index contributed by atoms with van der Waals surface area (Å²) in [6.07, 6.45) is 14.9. The average molecular weight is 1460 g/mol. The molecule has 28 heteroatoms. The Kier molecular flexibility index (Phi) is 37.1. The van der Waals surface area contributed by atoms with Crippen molar-refractivity contribution in [2.45, 2.75) is 123 Å². The van der Waals surface area contributed by atoms with Crippen LogP contribution in [0.4, 0.5) is 11.8 Å². The number of unbranched alkanes of at least 4 members (excludes halogenated alkanes) is 8. The number of hydrogen-bond acceptors (Lipinski definition) is 22. The van der Waals surface area contributed by atoms with Gasteiger partial charge in [0.25, 0.3) is 0 Å². The molecule has 1 saturated heterocycles. The Hall–Kier alpha value is -6.18. The summed E-state index contributed by atoms with van der Waals surface area (Å²) in [5.74, 6) is -3.43. The van der Waals surface area contributed by atoms with Crippen molar-refractivity contribution >= 4 is 84.1 Å². The van der Waals surface area contributed by atoms with E-state index in [2.05, 4.69) is 73.1 Å². The molecule has 0 unspecified atom stereocenters. The van der Waals surface area contributed by atoms with Gasteiger partial charge in [0, 0.05) is 53.0 Å². The van der Waals surface area contributed by atoms with Crippen LogP contribution in [0.15, 0.2) is 69.9 Å². The van der Waals surface area contributed by atoms with E-state index in [0.717, 1.165) is 98.5 Å². The molecule has 26 nitrogen and oxygen atoms in total. The van der Waals surface area contributed by atoms with Crippen LogP contribution in [0.5, 0.6) is 5.75 Å². The van der Waals surface area contributed by atoms with E-state index in [9.17, 15) is 24.0 Å². The molecule has 0 spiro atoms. The number of anilines is 2. The van der Waals surface area contributed by atoms with Crippen LogP contribution in [0.25, 0.3) is 22.2 Å². The highest BCUT2D eigenvalue weighted by Crippen LogP contribution is 2.43. The molecule has 1 aliphatic rings. The van der Waals surface area contributed by atoms with Crippen LogP contribution < -0.4 is 32.2 Å². The van der Waals surface area contributed by atoms with Crippen LogP contribution in [0, 0.1) is 17.8 Å². The first kappa shape index (κ1) is 77.8. The summed E-state index contributed by atoms with van der Waals surface area (Å²) in [6, 6.07) is 13.3. The molecule has 4 amide bonds. The molecule has 524 valence electrons. The third-order valence-corrected chi connectivity index (χ3v) is 16.9. The SMILES string of the molecule is CC(C)[C@H](NC(=O)C[C@H](NC(=O)CCCCCCCCCCn1cc(CCCCOCCOCCOCCOCCOCCOCCOCCOCCOCCOc2ccc(Br)c(-c3cc4cnc(N)nc4nc3N)c2Br)nn1)c1ccccc1)C(=O)[C@@H]1C(=O)NC(=O)[C@H]1C. The highest BCUT2D eigenvalue weighted by Gasteiger charge is 2.46. The summed E-state index contributed by atoms with van der Waals surface area (Å²) >= 11 is 7.29. The lowest BCUT2D eigenvalue weighted by Gasteiger charge is -2.26. The van der Waals surface area contributed by atoms with Gasteiger partial charge in [0.2, 0.25) is 29.6 Å². The molecule has 7 N–H and O–H groups in total. The molecule has 0 bridgehead atoms. The third-order valence-electron chi connectivity index (χ3n) is 15.5. The molecule has 2 aromatic carbocycles. The maximum atomic E-state index is 13.4. The molecule has 0 radical (unpaired) electrons. The second kappa shape index (κ2) is 45.3. The lowest BCUT2D eigenvalue weighted by atomic mass is 9.85. The third kappa shape index (κ3) is 29.2. The number of aryl methyl sites for hydroxylation is 2. The van der Waals surface area contributed by atoms with Gasteiger partial charge < -0.3 is 69.5 Å². The van der Waals surface area contributed by atoms with E-state index >= 15 is 0 Å². The van der Waals surface area contributed by atoms with Gasteiger partial charge in [-0.1, -0.05) is 111 Å². The van der Waals surface area contributed by atoms with Crippen molar-refractivity contribution in [3.63, 3.8) is 0 Å². The lowest BCUT2D eigenvalue weighted by Crippen LogP contribution is -2.49. The molecule has 4 atom stereocenters. The number of carbonyl (C=O) groups is 5. The summed E-state index contributed by atoms with van der Waals surface area (Å²) in [6.45, 7) is 14.8. The Morgan fingerprint density at radius 2 is 1.18 bits per heavy atom. The molecular weight excluding hydrogens is 1360 g/mol. The first-order valence-corrected chi connectivity index (χ1v) is 34.7. The highest BCUT2D eigenvalue weighted by molar-refractivity contribution is 9.11. The summed E-state index contributed by atoms with van der Waals surface area (Å²) in [7, 11) is 0. The number of imide groups is 1. The van der Waals surface area contributed by atoms with Crippen LogP contribution in [-0.4, -0.2) is 191 Å². The predicted octanol–water partition coefficient (Wildman–Crippen LogP) is 7.90. The van der Waals surface area contributed by atoms with Gasteiger partial charge in [0.1, 0.15) is 24.1 Å². The molecule has 6 rings (SSSR count). The number of halogens is 2. The standard InChI is InChI=1S/C67H97Br2N11O15/c1-47(2)61(62(83)58-48(3)65(84)77-66(58)85)74-57(82)44-54(49-17-11-10-12-18-49)73-56(81)20-13-8-6-4-5-7-9-15-23-80-46-51(78-79-80)19-14-16-24-86-25-26-87-27-28-88-29-30-89-31-32-90-33-34-91-35-36-92-37-38-93-39-40-94-41-42-95-55-22-21-53(68)59(60(55)69)52-43-50-45-72-67(71)76-64(50)75-63(52)70/h10-12,17-18,21-22,43,45-48,54,58,61H,4-9,13-16,19-20,23-42,44H2,1-3H3,(H,73,81)(H,74,82)(H,77,84,85)(H4,70,71,72,75,76)/t48-,54-,58+,61-/m0/s1. The average Bonchev–Trinajstić information content (AvgIpc) is 1.32.